The van der Waals surface area contributed by atoms with Crippen molar-refractivity contribution in [3.8, 4) is 0 Å². The monoisotopic (exact) mass is 407 g/mol. The van der Waals surface area contributed by atoms with Crippen LogP contribution >= 0.6 is 15.9 Å². The van der Waals surface area contributed by atoms with Crippen LogP contribution in [0.5, 0.6) is 0 Å². The van der Waals surface area contributed by atoms with E-state index in [4.69, 9.17) is 0 Å². The number of carbonyl (C=O) groups is 1. The molecule has 0 radical (unpaired) electrons. The molecule has 7 nitrogen and oxygen atoms in total. The van der Waals surface area contributed by atoms with Gasteiger partial charge in [0.05, 0.1) is 4.92 Å². The van der Waals surface area contributed by atoms with Gasteiger partial charge in [0.2, 0.25) is 0 Å². The summed E-state index contributed by atoms with van der Waals surface area (Å²) in [6, 6.07) is 11.4. The van der Waals surface area contributed by atoms with E-state index in [1.165, 1.54) is 11.0 Å². The molecule has 0 heterocycles. The van der Waals surface area contributed by atoms with Crippen LogP contribution in [0.2, 0.25) is 0 Å². The molecule has 0 aliphatic heterocycles. The molecule has 0 saturated heterocycles. The number of anilines is 3. The number of hydrogen-bond donors (Lipinski definition) is 2. The van der Waals surface area contributed by atoms with Crippen molar-refractivity contribution in [3.63, 3.8) is 0 Å². The summed E-state index contributed by atoms with van der Waals surface area (Å²) in [7, 11) is 0. The van der Waals surface area contributed by atoms with E-state index >= 15 is 0 Å². The van der Waals surface area contributed by atoms with E-state index < -0.39 is 16.6 Å². The van der Waals surface area contributed by atoms with Gasteiger partial charge in [0.25, 0.3) is 5.69 Å². The van der Waals surface area contributed by atoms with Gasteiger partial charge in [0, 0.05) is 27.5 Å². The van der Waals surface area contributed by atoms with Gasteiger partial charge in [-0.1, -0.05) is 22.0 Å². The van der Waals surface area contributed by atoms with E-state index in [2.05, 4.69) is 21.2 Å². The Kier molecular flexibility index (Phi) is 5.32. The first-order valence-corrected chi connectivity index (χ1v) is 8.23. The van der Waals surface area contributed by atoms with Crippen LogP contribution in [0.15, 0.2) is 46.9 Å². The van der Waals surface area contributed by atoms with Crippen molar-refractivity contribution in [2.24, 2.45) is 0 Å². The number of carboxylic acid groups (broad SMARTS) is 1. The fourth-order valence-corrected chi connectivity index (χ4v) is 2.77. The maximum absolute atomic E-state index is 11.6. The molecule has 1 amide bonds. The summed E-state index contributed by atoms with van der Waals surface area (Å²) in [4.78, 5) is 23.6. The Labute approximate surface area is 153 Å². The molecule has 0 aromatic heterocycles. The highest BCUT2D eigenvalue weighted by Gasteiger charge is 2.28. The first-order chi connectivity index (χ1) is 11.6. The van der Waals surface area contributed by atoms with Crippen LogP contribution in [0.25, 0.3) is 0 Å². The largest absolute Gasteiger partial charge is 0.465 e. The van der Waals surface area contributed by atoms with Crippen molar-refractivity contribution in [3.05, 3.63) is 57.1 Å². The summed E-state index contributed by atoms with van der Waals surface area (Å²) in [5.74, 6) is 0. The number of rotatable bonds is 4. The predicted molar refractivity (Wildman–Crippen MR) is 101 cm³/mol. The Hall–Kier alpha value is -2.61. The zero-order valence-electron chi connectivity index (χ0n) is 14.0. The zero-order valence-corrected chi connectivity index (χ0v) is 15.6. The second-order valence-corrected chi connectivity index (χ2v) is 7.30. The molecule has 2 aromatic rings. The topological polar surface area (TPSA) is 95.7 Å². The van der Waals surface area contributed by atoms with Crippen molar-refractivity contribution in [1.29, 1.82) is 0 Å². The third kappa shape index (κ3) is 4.48. The van der Waals surface area contributed by atoms with Gasteiger partial charge in [-0.05, 0) is 51.1 Å². The fourth-order valence-electron chi connectivity index (χ4n) is 2.42. The van der Waals surface area contributed by atoms with E-state index in [1.807, 2.05) is 0 Å². The molecular formula is C17H18BrN3O4. The lowest BCUT2D eigenvalue weighted by Crippen LogP contribution is -2.45. The van der Waals surface area contributed by atoms with Crippen molar-refractivity contribution >= 4 is 44.8 Å². The number of nitro groups is 1. The summed E-state index contributed by atoms with van der Waals surface area (Å²) in [6.07, 6.45) is -1.07. The Morgan fingerprint density at radius 1 is 1.24 bits per heavy atom. The smallest absolute Gasteiger partial charge is 0.412 e. The van der Waals surface area contributed by atoms with Gasteiger partial charge in [-0.3, -0.25) is 15.0 Å². The summed E-state index contributed by atoms with van der Waals surface area (Å²) in [5.41, 5.74) is 0.644. The molecule has 0 fully saturated rings. The minimum Gasteiger partial charge on any atom is -0.465 e. The minimum absolute atomic E-state index is 0.0781. The fraction of sp³-hybridized carbons (Fsp3) is 0.235. The summed E-state index contributed by atoms with van der Waals surface area (Å²) in [5, 5.41) is 23.7. The summed E-state index contributed by atoms with van der Waals surface area (Å²) >= 11 is 3.21. The number of benzene rings is 2. The molecule has 8 heteroatoms. The molecule has 2 rings (SSSR count). The molecule has 0 bridgehead atoms. The summed E-state index contributed by atoms with van der Waals surface area (Å²) in [6.45, 7) is 5.38. The van der Waals surface area contributed by atoms with Gasteiger partial charge in [-0.15, -0.1) is 0 Å². The van der Waals surface area contributed by atoms with Gasteiger partial charge in [-0.25, -0.2) is 4.79 Å². The number of hydrogen-bond acceptors (Lipinski definition) is 4. The van der Waals surface area contributed by atoms with Gasteiger partial charge < -0.3 is 10.4 Å². The number of amides is 1. The maximum Gasteiger partial charge on any atom is 0.412 e. The third-order valence-corrected chi connectivity index (χ3v) is 3.90. The second kappa shape index (κ2) is 7.10. The molecule has 25 heavy (non-hydrogen) atoms. The average Bonchev–Trinajstić information content (AvgIpc) is 2.47. The first-order valence-electron chi connectivity index (χ1n) is 7.44. The molecule has 0 atom stereocenters. The van der Waals surface area contributed by atoms with E-state index in [1.54, 1.807) is 57.2 Å². The van der Waals surface area contributed by atoms with E-state index in [0.29, 0.717) is 21.5 Å². The van der Waals surface area contributed by atoms with Gasteiger partial charge >= 0.3 is 6.09 Å². The van der Waals surface area contributed by atoms with Crippen LogP contribution < -0.4 is 10.2 Å². The van der Waals surface area contributed by atoms with E-state index in [9.17, 15) is 20.0 Å². The molecule has 2 aromatic carbocycles. The normalized spacial score (nSPS) is 11.0. The Morgan fingerprint density at radius 3 is 2.48 bits per heavy atom. The highest BCUT2D eigenvalue weighted by molar-refractivity contribution is 9.10. The van der Waals surface area contributed by atoms with Gasteiger partial charge in [0.15, 0.2) is 0 Å². The maximum atomic E-state index is 11.6. The number of halogens is 1. The van der Waals surface area contributed by atoms with Crippen molar-refractivity contribution in [2.45, 2.75) is 26.3 Å². The Morgan fingerprint density at radius 2 is 1.92 bits per heavy atom. The number of nitrogens with one attached hydrogen (secondary N) is 1. The zero-order chi connectivity index (χ0) is 18.8. The van der Waals surface area contributed by atoms with Gasteiger partial charge in [0.1, 0.15) is 5.69 Å². The van der Waals surface area contributed by atoms with E-state index in [0.717, 1.165) is 0 Å². The molecule has 0 aliphatic rings. The molecule has 2 N–H and O–H groups in total. The molecular weight excluding hydrogens is 390 g/mol. The molecule has 0 aliphatic carbocycles. The lowest BCUT2D eigenvalue weighted by molar-refractivity contribution is -0.384. The quantitative estimate of drug-likeness (QED) is 0.523. The second-order valence-electron chi connectivity index (χ2n) is 6.38. The van der Waals surface area contributed by atoms with Crippen LogP contribution in [0.1, 0.15) is 20.8 Å². The Balaban J connectivity index is 2.41. The standard InChI is InChI=1S/C17H18BrN3O4/c1-17(2,3)20(16(22)23)13-6-4-5-12(10-13)19-14-8-7-11(18)9-15(14)21(24)25/h4-10,19H,1-3H3,(H,22,23). The molecule has 0 unspecified atom stereocenters. The van der Waals surface area contributed by atoms with Crippen molar-refractivity contribution in [2.75, 3.05) is 10.2 Å². The van der Waals surface area contributed by atoms with Crippen LogP contribution in [0.4, 0.5) is 27.5 Å². The average molecular weight is 408 g/mol. The van der Waals surface area contributed by atoms with Crippen LogP contribution in [0.3, 0.4) is 0 Å². The predicted octanol–water partition coefficient (Wildman–Crippen LogP) is 5.38. The van der Waals surface area contributed by atoms with Crippen molar-refractivity contribution < 1.29 is 14.8 Å². The lowest BCUT2D eigenvalue weighted by atomic mass is 10.1. The van der Waals surface area contributed by atoms with Crippen LogP contribution in [0, 0.1) is 10.1 Å². The highest BCUT2D eigenvalue weighted by Crippen LogP contribution is 2.32. The third-order valence-electron chi connectivity index (χ3n) is 3.40. The minimum atomic E-state index is -1.07. The van der Waals surface area contributed by atoms with E-state index in [-0.39, 0.29) is 5.69 Å². The van der Waals surface area contributed by atoms with Crippen molar-refractivity contribution in [1.82, 2.24) is 0 Å². The first kappa shape index (κ1) is 18.7. The SMILES string of the molecule is CC(C)(C)N(C(=O)O)c1cccc(Nc2ccc(Br)cc2[N+](=O)[O-])c1. The highest BCUT2D eigenvalue weighted by atomic mass is 79.9. The molecule has 0 spiro atoms. The summed E-state index contributed by atoms with van der Waals surface area (Å²) < 4.78 is 0.600. The number of nitro benzene ring substituents is 1. The number of nitrogens with zero attached hydrogens (tertiary/aromatic N) is 2. The lowest BCUT2D eigenvalue weighted by Gasteiger charge is -2.33. The van der Waals surface area contributed by atoms with Crippen LogP contribution in [-0.4, -0.2) is 21.7 Å². The van der Waals surface area contributed by atoms with Crippen LogP contribution in [-0.2, 0) is 0 Å². The molecule has 132 valence electrons. The Bertz CT molecular complexity index is 818. The van der Waals surface area contributed by atoms with Gasteiger partial charge in [-0.2, -0.15) is 0 Å². The molecule has 0 saturated carbocycles.